The number of hydrogen-bond acceptors (Lipinski definition) is 2. The van der Waals surface area contributed by atoms with Gasteiger partial charge in [-0.15, -0.1) is 0 Å². The molecular formula is C23H26BrN3O. The molecule has 1 aromatic heterocycles. The lowest BCUT2D eigenvalue weighted by molar-refractivity contribution is -0.0119. The van der Waals surface area contributed by atoms with Gasteiger partial charge in [0, 0.05) is 16.4 Å². The fraction of sp³-hybridized carbons (Fsp3) is 0.565. The number of rotatable bonds is 4. The third-order valence-corrected chi connectivity index (χ3v) is 8.14. The minimum atomic E-state index is 0.0998. The van der Waals surface area contributed by atoms with Gasteiger partial charge in [0.05, 0.1) is 23.1 Å². The number of nitrogens with zero attached hydrogens (tertiary/aromatic N) is 2. The van der Waals surface area contributed by atoms with Crippen molar-refractivity contribution in [3.05, 3.63) is 46.2 Å². The number of aromatic nitrogens is 2. The molecule has 5 aliphatic rings. The van der Waals surface area contributed by atoms with Crippen molar-refractivity contribution in [2.24, 2.45) is 23.7 Å². The maximum atomic E-state index is 13.3. The SMILES string of the molecule is O=C(NC1C2CC3CC(C2)CC1C3)c1cnn(-c2ccc(Br)cc2)c1C1CC1. The first-order valence-corrected chi connectivity index (χ1v) is 11.6. The highest BCUT2D eigenvalue weighted by Crippen LogP contribution is 2.53. The van der Waals surface area contributed by atoms with E-state index in [0.717, 1.165) is 46.1 Å². The molecule has 5 aliphatic carbocycles. The minimum Gasteiger partial charge on any atom is -0.349 e. The molecule has 0 unspecified atom stereocenters. The second kappa shape index (κ2) is 6.45. The van der Waals surface area contributed by atoms with Crippen LogP contribution in [-0.2, 0) is 0 Å². The van der Waals surface area contributed by atoms with Crippen LogP contribution in [0.25, 0.3) is 5.69 Å². The summed E-state index contributed by atoms with van der Waals surface area (Å²) < 4.78 is 3.03. The van der Waals surface area contributed by atoms with Gasteiger partial charge in [0.2, 0.25) is 0 Å². The summed E-state index contributed by atoms with van der Waals surface area (Å²) in [5, 5.41) is 8.10. The Morgan fingerprint density at radius 3 is 2.25 bits per heavy atom. The Balaban J connectivity index is 1.28. The first-order chi connectivity index (χ1) is 13.7. The number of halogens is 1. The molecule has 5 heteroatoms. The van der Waals surface area contributed by atoms with Crippen LogP contribution in [0, 0.1) is 23.7 Å². The van der Waals surface area contributed by atoms with Gasteiger partial charge in [0.1, 0.15) is 0 Å². The van der Waals surface area contributed by atoms with Crippen molar-refractivity contribution >= 4 is 21.8 Å². The molecule has 1 N–H and O–H groups in total. The number of amides is 1. The highest BCUT2D eigenvalue weighted by atomic mass is 79.9. The molecule has 7 rings (SSSR count). The third-order valence-electron chi connectivity index (χ3n) is 7.61. The number of benzene rings is 1. The van der Waals surface area contributed by atoms with Gasteiger partial charge in [-0.1, -0.05) is 15.9 Å². The largest absolute Gasteiger partial charge is 0.349 e. The Labute approximate surface area is 174 Å². The van der Waals surface area contributed by atoms with E-state index in [1.54, 1.807) is 6.20 Å². The van der Waals surface area contributed by atoms with Crippen molar-refractivity contribution in [1.82, 2.24) is 15.1 Å². The molecule has 28 heavy (non-hydrogen) atoms. The van der Waals surface area contributed by atoms with Crippen LogP contribution in [-0.4, -0.2) is 21.7 Å². The monoisotopic (exact) mass is 439 g/mol. The topological polar surface area (TPSA) is 46.9 Å². The fourth-order valence-electron chi connectivity index (χ4n) is 6.46. The Morgan fingerprint density at radius 2 is 1.64 bits per heavy atom. The Kier molecular flexibility index (Phi) is 3.97. The van der Waals surface area contributed by atoms with Crippen LogP contribution >= 0.6 is 15.9 Å². The average molecular weight is 440 g/mol. The molecular weight excluding hydrogens is 414 g/mol. The van der Waals surface area contributed by atoms with Gasteiger partial charge in [-0.2, -0.15) is 5.10 Å². The zero-order valence-electron chi connectivity index (χ0n) is 16.0. The molecule has 1 amide bonds. The van der Waals surface area contributed by atoms with E-state index < -0.39 is 0 Å². The van der Waals surface area contributed by atoms with Crippen LogP contribution in [0.15, 0.2) is 34.9 Å². The summed E-state index contributed by atoms with van der Waals surface area (Å²) in [5.74, 6) is 3.82. The van der Waals surface area contributed by atoms with E-state index in [9.17, 15) is 4.79 Å². The fourth-order valence-corrected chi connectivity index (χ4v) is 6.72. The lowest BCUT2D eigenvalue weighted by atomic mass is 9.54. The predicted octanol–water partition coefficient (Wildman–Crippen LogP) is 5.07. The minimum absolute atomic E-state index is 0.0998. The predicted molar refractivity (Wildman–Crippen MR) is 112 cm³/mol. The number of nitrogens with one attached hydrogen (secondary N) is 1. The molecule has 2 aromatic rings. The van der Waals surface area contributed by atoms with Crippen LogP contribution in [0.5, 0.6) is 0 Å². The molecule has 0 spiro atoms. The molecule has 5 saturated carbocycles. The van der Waals surface area contributed by atoms with Crippen molar-refractivity contribution in [3.8, 4) is 5.69 Å². The summed E-state index contributed by atoms with van der Waals surface area (Å²) in [4.78, 5) is 13.3. The zero-order valence-corrected chi connectivity index (χ0v) is 17.6. The smallest absolute Gasteiger partial charge is 0.255 e. The van der Waals surface area contributed by atoms with Crippen molar-refractivity contribution in [2.45, 2.75) is 56.9 Å². The van der Waals surface area contributed by atoms with E-state index >= 15 is 0 Å². The lowest BCUT2D eigenvalue weighted by Crippen LogP contribution is -2.55. The first-order valence-electron chi connectivity index (χ1n) is 10.8. The number of carbonyl (C=O) groups is 1. The van der Waals surface area contributed by atoms with E-state index in [1.807, 2.05) is 16.8 Å². The molecule has 0 saturated heterocycles. The first kappa shape index (κ1) is 17.3. The molecule has 1 heterocycles. The summed E-state index contributed by atoms with van der Waals surface area (Å²) in [6.07, 6.45) is 10.8. The zero-order chi connectivity index (χ0) is 18.8. The Morgan fingerprint density at radius 1 is 1.00 bits per heavy atom. The van der Waals surface area contributed by atoms with Crippen LogP contribution in [0.3, 0.4) is 0 Å². The Bertz CT molecular complexity index is 886. The third kappa shape index (κ3) is 2.85. The maximum Gasteiger partial charge on any atom is 0.255 e. The van der Waals surface area contributed by atoms with E-state index in [4.69, 9.17) is 0 Å². The second-order valence-corrected chi connectivity index (χ2v) is 10.5. The van der Waals surface area contributed by atoms with Gasteiger partial charge in [0.15, 0.2) is 0 Å². The van der Waals surface area contributed by atoms with E-state index in [2.05, 4.69) is 38.5 Å². The second-order valence-electron chi connectivity index (χ2n) is 9.54. The summed E-state index contributed by atoms with van der Waals surface area (Å²) >= 11 is 3.50. The average Bonchev–Trinajstić information content (AvgIpc) is 3.42. The van der Waals surface area contributed by atoms with Crippen LogP contribution in [0.4, 0.5) is 0 Å². The highest BCUT2D eigenvalue weighted by Gasteiger charge is 2.49. The standard InChI is InChI=1S/C23H26BrN3O/c24-18-3-5-19(6-4-18)27-22(15-1-2-15)20(12-25-27)23(28)26-21-16-8-13-7-14(10-16)11-17(21)9-13/h3-6,12-17,21H,1-2,7-11H2,(H,26,28). The summed E-state index contributed by atoms with van der Waals surface area (Å²) in [6.45, 7) is 0. The molecule has 4 bridgehead atoms. The summed E-state index contributed by atoms with van der Waals surface area (Å²) in [6, 6.07) is 8.55. The van der Waals surface area contributed by atoms with Gasteiger partial charge in [-0.3, -0.25) is 4.79 Å². The van der Waals surface area contributed by atoms with Gasteiger partial charge in [-0.05, 0) is 92.9 Å². The normalized spacial score (nSPS) is 33.2. The maximum absolute atomic E-state index is 13.3. The molecule has 5 fully saturated rings. The highest BCUT2D eigenvalue weighted by molar-refractivity contribution is 9.10. The van der Waals surface area contributed by atoms with Gasteiger partial charge >= 0.3 is 0 Å². The Hall–Kier alpha value is -1.62. The van der Waals surface area contributed by atoms with Gasteiger partial charge < -0.3 is 5.32 Å². The molecule has 0 atom stereocenters. The quantitative estimate of drug-likeness (QED) is 0.722. The van der Waals surface area contributed by atoms with Crippen molar-refractivity contribution in [1.29, 1.82) is 0 Å². The van der Waals surface area contributed by atoms with Crippen molar-refractivity contribution < 1.29 is 4.79 Å². The lowest BCUT2D eigenvalue weighted by Gasteiger charge is -2.54. The van der Waals surface area contributed by atoms with E-state index in [1.165, 1.54) is 32.1 Å². The number of carbonyl (C=O) groups excluding carboxylic acids is 1. The molecule has 1 aromatic carbocycles. The molecule has 146 valence electrons. The van der Waals surface area contributed by atoms with Crippen molar-refractivity contribution in [2.75, 3.05) is 0 Å². The van der Waals surface area contributed by atoms with Crippen molar-refractivity contribution in [3.63, 3.8) is 0 Å². The summed E-state index contributed by atoms with van der Waals surface area (Å²) in [5.41, 5.74) is 2.92. The van der Waals surface area contributed by atoms with Gasteiger partial charge in [0.25, 0.3) is 5.91 Å². The van der Waals surface area contributed by atoms with E-state index in [-0.39, 0.29) is 5.91 Å². The van der Waals surface area contributed by atoms with Crippen LogP contribution in [0.1, 0.15) is 66.9 Å². The van der Waals surface area contributed by atoms with Crippen LogP contribution in [0.2, 0.25) is 0 Å². The molecule has 0 radical (unpaired) electrons. The summed E-state index contributed by atoms with van der Waals surface area (Å²) in [7, 11) is 0. The molecule has 4 nitrogen and oxygen atoms in total. The van der Waals surface area contributed by atoms with Gasteiger partial charge in [-0.25, -0.2) is 4.68 Å². The number of hydrogen-bond donors (Lipinski definition) is 1. The van der Waals surface area contributed by atoms with Crippen LogP contribution < -0.4 is 5.32 Å². The van der Waals surface area contributed by atoms with E-state index in [0.29, 0.717) is 23.8 Å². The molecule has 0 aliphatic heterocycles.